The van der Waals surface area contributed by atoms with Crippen molar-refractivity contribution in [3.05, 3.63) is 0 Å². The first kappa shape index (κ1) is 50.9. The molecule has 9 N–H and O–H groups in total. The van der Waals surface area contributed by atoms with E-state index in [-0.39, 0.29) is 48.3 Å². The van der Waals surface area contributed by atoms with Gasteiger partial charge in [0, 0.05) is 38.1 Å². The quantitative estimate of drug-likeness (QED) is 0.218. The number of aliphatic hydroxyl groups excluding tert-OH is 3. The monoisotopic (exact) mass is 785 g/mol. The number of carbonyl (C=O) groups excluding carboxylic acids is 1. The molecule has 0 bridgehead atoms. The molecule has 0 amide bonds. The van der Waals surface area contributed by atoms with Crippen LogP contribution in [-0.2, 0) is 33.2 Å². The summed E-state index contributed by atoms with van der Waals surface area (Å²) in [6.07, 6.45) is -8.19. The van der Waals surface area contributed by atoms with Gasteiger partial charge in [-0.2, -0.15) is 0 Å². The Morgan fingerprint density at radius 2 is 1.52 bits per heavy atom. The molecule has 3 fully saturated rings. The molecule has 16 heteroatoms. The number of cyclic esters (lactones) is 1. The predicted octanol–water partition coefficient (Wildman–Crippen LogP) is 0.251. The lowest BCUT2D eigenvalue weighted by Crippen LogP contribution is -2.60. The van der Waals surface area contributed by atoms with E-state index < -0.39 is 96.0 Å². The third-order valence-corrected chi connectivity index (χ3v) is 12.2. The van der Waals surface area contributed by atoms with Crippen molar-refractivity contribution >= 4 is 5.97 Å². The Morgan fingerprint density at radius 3 is 2.06 bits per heavy atom. The molecule has 3 heterocycles. The molecule has 0 aliphatic carbocycles. The summed E-state index contributed by atoms with van der Waals surface area (Å²) in [4.78, 5) is 18.0. The third-order valence-electron chi connectivity index (χ3n) is 12.2. The summed E-state index contributed by atoms with van der Waals surface area (Å²) in [5.41, 5.74) is -4.37. The molecule has 18 atom stereocenters. The van der Waals surface area contributed by atoms with Gasteiger partial charge in [0.25, 0.3) is 0 Å². The molecular weight excluding hydrogens is 708 g/mol. The zero-order valence-electron chi connectivity index (χ0n) is 35.2. The highest BCUT2D eigenvalue weighted by molar-refractivity contribution is 5.73. The van der Waals surface area contributed by atoms with Gasteiger partial charge in [-0.05, 0) is 94.8 Å². The second kappa shape index (κ2) is 20.1. The minimum Gasteiger partial charge on any atom is -0.459 e. The Morgan fingerprint density at radius 1 is 0.926 bits per heavy atom. The van der Waals surface area contributed by atoms with Crippen LogP contribution in [0.4, 0.5) is 0 Å². The lowest BCUT2D eigenvalue weighted by Gasteiger charge is -2.48. The van der Waals surface area contributed by atoms with E-state index in [9.17, 15) is 30.3 Å². The molecule has 0 aromatic heterocycles. The fourth-order valence-electron chi connectivity index (χ4n) is 8.74. The molecule has 0 saturated carbocycles. The van der Waals surface area contributed by atoms with Crippen LogP contribution >= 0.6 is 0 Å². The minimum atomic E-state index is -1.80. The molecule has 3 rings (SSSR count). The first-order valence-corrected chi connectivity index (χ1v) is 19.1. The first-order chi connectivity index (χ1) is 23.9. The number of methoxy groups -OCH3 is 1. The number of hydrogen-bond acceptors (Lipinski definition) is 14. The van der Waals surface area contributed by atoms with Gasteiger partial charge in [-0.15, -0.1) is 0 Å². The molecule has 3 aliphatic heterocycles. The maximum Gasteiger partial charge on any atom is 0.311 e. The van der Waals surface area contributed by atoms with Gasteiger partial charge < -0.3 is 74.7 Å². The van der Waals surface area contributed by atoms with Crippen LogP contribution in [0.1, 0.15) is 94.9 Å². The summed E-state index contributed by atoms with van der Waals surface area (Å²) in [6, 6.07) is -0.808. The van der Waals surface area contributed by atoms with E-state index in [4.69, 9.17) is 28.4 Å². The van der Waals surface area contributed by atoms with Crippen LogP contribution in [0.15, 0.2) is 0 Å². The third kappa shape index (κ3) is 11.3. The second-order valence-electron chi connectivity index (χ2n) is 17.2. The normalized spacial score (nSPS) is 47.8. The average Bonchev–Trinajstić information content (AvgIpc) is 3.05. The molecule has 0 spiro atoms. The zero-order valence-corrected chi connectivity index (χ0v) is 35.2. The number of hydrogen-bond donors (Lipinski definition) is 5. The molecule has 3 aliphatic rings. The van der Waals surface area contributed by atoms with Gasteiger partial charge in [0.05, 0.1) is 41.5 Å². The minimum absolute atomic E-state index is 0. The van der Waals surface area contributed by atoms with E-state index in [1.807, 2.05) is 51.7 Å². The Kier molecular flexibility index (Phi) is 18.9. The van der Waals surface area contributed by atoms with Gasteiger partial charge in [0.1, 0.15) is 30.0 Å². The summed E-state index contributed by atoms with van der Waals surface area (Å²) in [6.45, 7) is 18.0. The number of carbonyl (C=O) groups is 1. The highest BCUT2D eigenvalue weighted by Crippen LogP contribution is 2.40. The van der Waals surface area contributed by atoms with Crippen LogP contribution in [0.3, 0.4) is 0 Å². The lowest BCUT2D eigenvalue weighted by atomic mass is 9.77. The standard InChI is InChI=1S/C38H72N2O12.2H2O/c1-15-27-38(10,46)31(42)24(6)40(13)19-20(2)17-36(8,45)33(52-35-29(41)26(39(11)12)16-21(3)48-35)22(4)30(23(5)34(44)50-27)51-28-18-37(9,47-14)32(43)25(7)49-28;;/h20-33,35,41-43,45-46H,15-19H2,1-14H3;2*1H2/t20-,21-,22+,23-,24-,25+,26+,27-,28+,29-,30?,31-,32+,33-,35?,36-,37-,38-;;/m1../s1. The molecule has 0 radical (unpaired) electrons. The molecule has 2 unspecified atom stereocenters. The number of likely N-dealkylation sites (N-methyl/N-ethyl adjacent to an activating group) is 2. The van der Waals surface area contributed by atoms with E-state index in [1.54, 1.807) is 41.5 Å². The Bertz CT molecular complexity index is 1150. The lowest BCUT2D eigenvalue weighted by molar-refractivity contribution is -0.318. The van der Waals surface area contributed by atoms with Crippen molar-refractivity contribution in [2.45, 2.75) is 185 Å². The van der Waals surface area contributed by atoms with E-state index in [1.165, 1.54) is 14.0 Å². The van der Waals surface area contributed by atoms with Gasteiger partial charge in [0.2, 0.25) is 0 Å². The van der Waals surface area contributed by atoms with Crippen molar-refractivity contribution in [3.8, 4) is 0 Å². The number of rotatable bonds is 7. The number of nitrogens with zero attached hydrogens (tertiary/aromatic N) is 2. The summed E-state index contributed by atoms with van der Waals surface area (Å²) < 4.78 is 37.5. The van der Waals surface area contributed by atoms with Gasteiger partial charge >= 0.3 is 5.97 Å². The fourth-order valence-corrected chi connectivity index (χ4v) is 8.74. The Labute approximate surface area is 323 Å². The molecular formula is C38H76N2O14. The van der Waals surface area contributed by atoms with Crippen LogP contribution in [0.5, 0.6) is 0 Å². The van der Waals surface area contributed by atoms with E-state index >= 15 is 0 Å². The summed E-state index contributed by atoms with van der Waals surface area (Å²) in [5, 5.41) is 58.1. The van der Waals surface area contributed by atoms with Crippen molar-refractivity contribution in [3.63, 3.8) is 0 Å². The Balaban J connectivity index is 0.00000729. The maximum absolute atomic E-state index is 14.2. The molecule has 0 aromatic rings. The first-order valence-electron chi connectivity index (χ1n) is 19.1. The predicted molar refractivity (Wildman–Crippen MR) is 201 cm³/mol. The summed E-state index contributed by atoms with van der Waals surface area (Å²) in [7, 11) is 7.12. The topological polar surface area (TPSA) is 243 Å². The van der Waals surface area contributed by atoms with Gasteiger partial charge in [-0.1, -0.05) is 20.8 Å². The summed E-state index contributed by atoms with van der Waals surface area (Å²) in [5.74, 6) is -2.58. The van der Waals surface area contributed by atoms with Gasteiger partial charge in [0.15, 0.2) is 12.6 Å². The number of ether oxygens (including phenoxy) is 6. The fraction of sp³-hybridized carbons (Fsp3) is 0.974. The molecule has 16 nitrogen and oxygen atoms in total. The van der Waals surface area contributed by atoms with Crippen molar-refractivity contribution in [2.75, 3.05) is 34.8 Å². The number of esters is 1. The van der Waals surface area contributed by atoms with Crippen LogP contribution in [0.25, 0.3) is 0 Å². The SMILES string of the molecule is CC[C@H]1OC(=O)[C@H](C)C(O[C@H]2C[C@@](C)(OC)[C@@H](O)[C@H](C)O2)[C@H](C)[C@@H](OC2O[C@H](C)C[C@H](N(C)C)[C@H]2O)[C@](C)(O)C[C@@H](C)CN(C)[C@H](C)[C@@H](O)[C@]1(C)O.O.O. The molecule has 3 saturated heterocycles. The van der Waals surface area contributed by atoms with Crippen LogP contribution in [0.2, 0.25) is 0 Å². The average molecular weight is 785 g/mol. The van der Waals surface area contributed by atoms with Crippen molar-refractivity contribution in [1.82, 2.24) is 9.80 Å². The number of aliphatic hydroxyl groups is 5. The Hall–Kier alpha value is -1.09. The molecule has 322 valence electrons. The van der Waals surface area contributed by atoms with Crippen molar-refractivity contribution in [2.24, 2.45) is 17.8 Å². The zero-order chi connectivity index (χ0) is 39.7. The largest absolute Gasteiger partial charge is 0.459 e. The van der Waals surface area contributed by atoms with Crippen LogP contribution < -0.4 is 0 Å². The maximum atomic E-state index is 14.2. The smallest absolute Gasteiger partial charge is 0.311 e. The van der Waals surface area contributed by atoms with Gasteiger partial charge in [-0.3, -0.25) is 4.79 Å². The van der Waals surface area contributed by atoms with Crippen molar-refractivity contribution < 1.29 is 69.7 Å². The van der Waals surface area contributed by atoms with Crippen molar-refractivity contribution in [1.29, 1.82) is 0 Å². The van der Waals surface area contributed by atoms with E-state index in [2.05, 4.69) is 0 Å². The highest BCUT2D eigenvalue weighted by Gasteiger charge is 2.52. The van der Waals surface area contributed by atoms with E-state index in [0.29, 0.717) is 13.0 Å². The van der Waals surface area contributed by atoms with Gasteiger partial charge in [-0.25, -0.2) is 0 Å². The molecule has 54 heavy (non-hydrogen) atoms. The second-order valence-corrected chi connectivity index (χ2v) is 17.2. The highest BCUT2D eigenvalue weighted by atomic mass is 16.7. The molecule has 0 aromatic carbocycles. The van der Waals surface area contributed by atoms with E-state index in [0.717, 1.165) is 0 Å². The summed E-state index contributed by atoms with van der Waals surface area (Å²) >= 11 is 0. The van der Waals surface area contributed by atoms with Crippen LogP contribution in [0, 0.1) is 17.8 Å². The van der Waals surface area contributed by atoms with Crippen LogP contribution in [-0.4, -0.2) is 177 Å².